The van der Waals surface area contributed by atoms with Gasteiger partial charge in [0.2, 0.25) is 0 Å². The second-order valence-corrected chi connectivity index (χ2v) is 8.96. The van der Waals surface area contributed by atoms with Crippen molar-refractivity contribution in [3.63, 3.8) is 0 Å². The summed E-state index contributed by atoms with van der Waals surface area (Å²) in [5.74, 6) is 0. The van der Waals surface area contributed by atoms with Crippen molar-refractivity contribution in [1.29, 1.82) is 0 Å². The van der Waals surface area contributed by atoms with Crippen molar-refractivity contribution in [3.05, 3.63) is 60.7 Å². The first-order valence-corrected chi connectivity index (χ1v) is 8.62. The van der Waals surface area contributed by atoms with E-state index in [0.29, 0.717) is 5.73 Å². The van der Waals surface area contributed by atoms with Crippen LogP contribution in [0.4, 0.5) is 0 Å². The maximum Gasteiger partial charge on any atom is 0.148 e. The molecule has 0 radical (unpaired) electrons. The van der Waals surface area contributed by atoms with E-state index in [-0.39, 0.29) is 0 Å². The maximum atomic E-state index is 5.64. The summed E-state index contributed by atoms with van der Waals surface area (Å²) >= 11 is 0. The molecule has 0 saturated carbocycles. The topological polar surface area (TPSA) is 12.5 Å². The second kappa shape index (κ2) is 4.13. The largest absolute Gasteiger partial charge is 0.376 e. The first kappa shape index (κ1) is 10.8. The summed E-state index contributed by atoms with van der Waals surface area (Å²) in [6.45, 7) is 3.34. The van der Waals surface area contributed by atoms with E-state index in [1.807, 2.05) is 0 Å². The van der Waals surface area contributed by atoms with E-state index in [9.17, 15) is 0 Å². The fourth-order valence-electron chi connectivity index (χ4n) is 2.49. The highest BCUT2D eigenvalue weighted by atomic mass is 28.3. The Kier molecular flexibility index (Phi) is 2.61. The zero-order valence-electron chi connectivity index (χ0n) is 9.97. The predicted octanol–water partition coefficient (Wildman–Crippen LogP) is 1.82. The summed E-state index contributed by atoms with van der Waals surface area (Å²) in [6.07, 6.45) is 0. The lowest BCUT2D eigenvalue weighted by molar-refractivity contribution is 0.452. The molecule has 3 rings (SSSR count). The highest BCUT2D eigenvalue weighted by Crippen LogP contribution is 2.23. The SMILES string of the molecule is C[Si](c1ccccc1)(c1ccccc1)C1CO1. The molecule has 0 N–H and O–H groups in total. The monoisotopic (exact) mass is 240 g/mol. The van der Waals surface area contributed by atoms with E-state index in [2.05, 4.69) is 67.2 Å². The van der Waals surface area contributed by atoms with Gasteiger partial charge in [-0.05, 0) is 0 Å². The van der Waals surface area contributed by atoms with E-state index in [1.54, 1.807) is 0 Å². The third kappa shape index (κ3) is 1.83. The Morgan fingerprint density at radius 2 is 1.29 bits per heavy atom. The molecule has 1 fully saturated rings. The molecule has 1 aliphatic heterocycles. The van der Waals surface area contributed by atoms with Crippen molar-refractivity contribution in [2.75, 3.05) is 6.61 Å². The van der Waals surface area contributed by atoms with Crippen molar-refractivity contribution in [2.45, 2.75) is 12.3 Å². The van der Waals surface area contributed by atoms with Crippen LogP contribution in [0.5, 0.6) is 0 Å². The van der Waals surface area contributed by atoms with Crippen molar-refractivity contribution < 1.29 is 4.74 Å². The normalized spacial score (nSPS) is 19.0. The van der Waals surface area contributed by atoms with E-state index >= 15 is 0 Å². The van der Waals surface area contributed by atoms with Crippen LogP contribution in [-0.4, -0.2) is 20.4 Å². The molecule has 1 saturated heterocycles. The lowest BCUT2D eigenvalue weighted by Crippen LogP contribution is -2.60. The van der Waals surface area contributed by atoms with Crippen molar-refractivity contribution in [1.82, 2.24) is 0 Å². The van der Waals surface area contributed by atoms with Gasteiger partial charge in [0, 0.05) is 0 Å². The summed E-state index contributed by atoms with van der Waals surface area (Å²) < 4.78 is 5.64. The first-order valence-electron chi connectivity index (χ1n) is 6.04. The van der Waals surface area contributed by atoms with Crippen molar-refractivity contribution in [2.24, 2.45) is 0 Å². The molecule has 1 nitrogen and oxygen atoms in total. The molecule has 1 unspecified atom stereocenters. The molecule has 2 aromatic rings. The van der Waals surface area contributed by atoms with Gasteiger partial charge in [-0.1, -0.05) is 77.6 Å². The van der Waals surface area contributed by atoms with Gasteiger partial charge in [-0.3, -0.25) is 0 Å². The number of hydrogen-bond donors (Lipinski definition) is 0. The van der Waals surface area contributed by atoms with Crippen LogP contribution in [0.3, 0.4) is 0 Å². The molecular formula is C15H16OSi. The molecular weight excluding hydrogens is 224 g/mol. The Morgan fingerprint density at radius 3 is 1.65 bits per heavy atom. The second-order valence-electron chi connectivity index (χ2n) is 4.76. The fraction of sp³-hybridized carbons (Fsp3) is 0.200. The lowest BCUT2D eigenvalue weighted by atomic mass is 10.4. The average molecular weight is 240 g/mol. The van der Waals surface area contributed by atoms with E-state index in [0.717, 1.165) is 6.61 Å². The third-order valence-corrected chi connectivity index (χ3v) is 8.41. The van der Waals surface area contributed by atoms with E-state index in [4.69, 9.17) is 4.74 Å². The minimum atomic E-state index is -1.69. The molecule has 0 aromatic heterocycles. The van der Waals surface area contributed by atoms with Crippen LogP contribution in [0, 0.1) is 0 Å². The van der Waals surface area contributed by atoms with Crippen molar-refractivity contribution in [3.8, 4) is 0 Å². The minimum Gasteiger partial charge on any atom is -0.376 e. The van der Waals surface area contributed by atoms with Gasteiger partial charge < -0.3 is 4.74 Å². The van der Waals surface area contributed by atoms with Crippen LogP contribution in [0.2, 0.25) is 6.55 Å². The smallest absolute Gasteiger partial charge is 0.148 e. The summed E-state index contributed by atoms with van der Waals surface area (Å²) in [6, 6.07) is 21.7. The Bertz CT molecular complexity index is 451. The molecule has 1 aliphatic rings. The fourth-order valence-corrected chi connectivity index (χ4v) is 6.10. The van der Waals surface area contributed by atoms with Crippen LogP contribution in [0.15, 0.2) is 60.7 Å². The molecule has 0 aliphatic carbocycles. The Morgan fingerprint density at radius 1 is 0.882 bits per heavy atom. The molecule has 1 heterocycles. The van der Waals surface area contributed by atoms with Crippen LogP contribution >= 0.6 is 0 Å². The average Bonchev–Trinajstić information content (AvgIpc) is 3.24. The van der Waals surface area contributed by atoms with Gasteiger partial charge in [0.25, 0.3) is 0 Å². The third-order valence-electron chi connectivity index (χ3n) is 3.72. The maximum absolute atomic E-state index is 5.64. The van der Waals surface area contributed by atoms with Crippen LogP contribution < -0.4 is 10.4 Å². The van der Waals surface area contributed by atoms with Crippen molar-refractivity contribution >= 4 is 18.4 Å². The number of ether oxygens (including phenoxy) is 1. The van der Waals surface area contributed by atoms with Gasteiger partial charge >= 0.3 is 0 Å². The number of epoxide rings is 1. The van der Waals surface area contributed by atoms with Gasteiger partial charge in [0.1, 0.15) is 8.07 Å². The van der Waals surface area contributed by atoms with Crippen LogP contribution in [0.1, 0.15) is 0 Å². The molecule has 17 heavy (non-hydrogen) atoms. The Balaban J connectivity index is 2.11. The standard InChI is InChI=1S/C15H16OSi/c1-17(15-12-16-15,13-8-4-2-5-9-13)14-10-6-3-7-11-14/h2-11,15H,12H2,1H3. The van der Waals surface area contributed by atoms with Crippen LogP contribution in [0.25, 0.3) is 0 Å². The summed E-state index contributed by atoms with van der Waals surface area (Å²) in [7, 11) is -1.69. The van der Waals surface area contributed by atoms with Gasteiger partial charge in [0.15, 0.2) is 0 Å². The molecule has 1 atom stereocenters. The molecule has 2 heteroatoms. The van der Waals surface area contributed by atoms with Gasteiger partial charge in [-0.2, -0.15) is 0 Å². The highest BCUT2D eigenvalue weighted by molar-refractivity contribution is 7.02. The molecule has 0 spiro atoms. The van der Waals surface area contributed by atoms with E-state index < -0.39 is 8.07 Å². The molecule has 0 amide bonds. The predicted molar refractivity (Wildman–Crippen MR) is 73.5 cm³/mol. The molecule has 0 bridgehead atoms. The Labute approximate surface area is 103 Å². The molecule has 86 valence electrons. The van der Waals surface area contributed by atoms with Crippen LogP contribution in [-0.2, 0) is 4.74 Å². The summed E-state index contributed by atoms with van der Waals surface area (Å²) in [4.78, 5) is 0. The zero-order valence-corrected chi connectivity index (χ0v) is 11.0. The summed E-state index contributed by atoms with van der Waals surface area (Å²) in [5, 5.41) is 2.93. The van der Waals surface area contributed by atoms with Gasteiger partial charge in [0.05, 0.1) is 12.3 Å². The number of benzene rings is 2. The lowest BCUT2D eigenvalue weighted by Gasteiger charge is -2.26. The minimum absolute atomic E-state index is 0.451. The Hall–Kier alpha value is -1.38. The zero-order chi connectivity index (χ0) is 11.7. The van der Waals surface area contributed by atoms with Gasteiger partial charge in [-0.25, -0.2) is 0 Å². The quantitative estimate of drug-likeness (QED) is 0.589. The highest BCUT2D eigenvalue weighted by Gasteiger charge is 2.47. The number of rotatable bonds is 3. The number of hydrogen-bond acceptors (Lipinski definition) is 1. The summed E-state index contributed by atoms with van der Waals surface area (Å²) in [5.41, 5.74) is 0.451. The molecule has 2 aromatic carbocycles. The first-order chi connectivity index (χ1) is 8.32. The van der Waals surface area contributed by atoms with Gasteiger partial charge in [-0.15, -0.1) is 0 Å². The van der Waals surface area contributed by atoms with E-state index in [1.165, 1.54) is 10.4 Å².